The summed E-state index contributed by atoms with van der Waals surface area (Å²) in [4.78, 5) is 25.9. The number of aryl methyl sites for hydroxylation is 1. The summed E-state index contributed by atoms with van der Waals surface area (Å²) in [6.45, 7) is 6.50. The van der Waals surface area contributed by atoms with Gasteiger partial charge in [0.15, 0.2) is 0 Å². The predicted octanol–water partition coefficient (Wildman–Crippen LogP) is 3.55. The zero-order valence-corrected chi connectivity index (χ0v) is 23.6. The third-order valence-corrected chi connectivity index (χ3v) is 9.34. The van der Waals surface area contributed by atoms with Crippen LogP contribution < -0.4 is 16.0 Å². The number of benzene rings is 2. The first-order chi connectivity index (χ1) is 18.1. The number of rotatable bonds is 10. The number of fused-ring (bicyclic) bond motifs is 1. The smallest absolute Gasteiger partial charge is 0.243 e. The lowest BCUT2D eigenvalue weighted by Crippen LogP contribution is -2.58. The summed E-state index contributed by atoms with van der Waals surface area (Å²) < 4.78 is 27.8. The minimum atomic E-state index is -3.98. The molecule has 1 aliphatic heterocycles. The van der Waals surface area contributed by atoms with Crippen molar-refractivity contribution in [2.24, 2.45) is 5.92 Å². The van der Waals surface area contributed by atoms with Crippen molar-refractivity contribution in [2.75, 3.05) is 19.6 Å². The van der Waals surface area contributed by atoms with Crippen molar-refractivity contribution in [1.82, 2.24) is 20.3 Å². The summed E-state index contributed by atoms with van der Waals surface area (Å²) in [5.74, 6) is -0.150. The molecule has 4 rings (SSSR count). The molecule has 2 aromatic carbocycles. The predicted molar refractivity (Wildman–Crippen MR) is 148 cm³/mol. The Morgan fingerprint density at radius 3 is 2.68 bits per heavy atom. The fourth-order valence-corrected chi connectivity index (χ4v) is 6.81. The molecule has 1 heterocycles. The molecule has 3 N–H and O–H groups in total. The van der Waals surface area contributed by atoms with E-state index in [2.05, 4.69) is 48.0 Å². The van der Waals surface area contributed by atoms with Crippen molar-refractivity contribution < 1.29 is 18.0 Å². The van der Waals surface area contributed by atoms with Crippen molar-refractivity contribution >= 4 is 33.4 Å². The van der Waals surface area contributed by atoms with Gasteiger partial charge in [-0.2, -0.15) is 4.31 Å². The molecule has 0 radical (unpaired) electrons. The maximum absolute atomic E-state index is 13.3. The van der Waals surface area contributed by atoms with E-state index in [9.17, 15) is 18.0 Å². The Bertz CT molecular complexity index is 1250. The van der Waals surface area contributed by atoms with E-state index in [0.717, 1.165) is 48.6 Å². The van der Waals surface area contributed by atoms with Gasteiger partial charge in [-0.25, -0.2) is 8.42 Å². The van der Waals surface area contributed by atoms with Crippen molar-refractivity contribution in [3.63, 3.8) is 0 Å². The first-order valence-electron chi connectivity index (χ1n) is 13.3. The number of hydrogen-bond acceptors (Lipinski definition) is 5. The number of nitrogens with one attached hydrogen (secondary N) is 3. The SMILES string of the molecule is CC(C)CCNCc1ccc2c(c1)CCC[C@H]2NC(=O)C[C@@H]1C(=O)NCCN1S(=O)(=O)c1ccc(Cl)cc1. The number of carbonyl (C=O) groups is 2. The van der Waals surface area contributed by atoms with Gasteiger partial charge < -0.3 is 16.0 Å². The van der Waals surface area contributed by atoms with Gasteiger partial charge in [0.05, 0.1) is 17.4 Å². The average Bonchev–Trinajstić information content (AvgIpc) is 2.88. The molecule has 0 spiro atoms. The monoisotopic (exact) mass is 560 g/mol. The van der Waals surface area contributed by atoms with Crippen molar-refractivity contribution in [1.29, 1.82) is 0 Å². The molecular formula is C28H37ClN4O4S. The molecule has 8 nitrogen and oxygen atoms in total. The Balaban J connectivity index is 1.43. The fourth-order valence-electron chi connectivity index (χ4n) is 5.10. The second-order valence-electron chi connectivity index (χ2n) is 10.5. The highest BCUT2D eigenvalue weighted by molar-refractivity contribution is 7.89. The third kappa shape index (κ3) is 6.94. The number of carbonyl (C=O) groups excluding carboxylic acids is 2. The van der Waals surface area contributed by atoms with Crippen LogP contribution in [0.1, 0.15) is 62.3 Å². The van der Waals surface area contributed by atoms with Crippen LogP contribution >= 0.6 is 11.6 Å². The molecule has 206 valence electrons. The summed E-state index contributed by atoms with van der Waals surface area (Å²) in [6.07, 6.45) is 3.59. The minimum absolute atomic E-state index is 0.0396. The molecule has 1 aliphatic carbocycles. The number of amides is 2. The van der Waals surface area contributed by atoms with Gasteiger partial charge in [-0.3, -0.25) is 9.59 Å². The number of hydrogen-bond donors (Lipinski definition) is 3. The van der Waals surface area contributed by atoms with Crippen LogP contribution in [0.3, 0.4) is 0 Å². The van der Waals surface area contributed by atoms with Crippen LogP contribution in [0, 0.1) is 5.92 Å². The van der Waals surface area contributed by atoms with Gasteiger partial charge in [-0.15, -0.1) is 0 Å². The molecule has 0 unspecified atom stereocenters. The highest BCUT2D eigenvalue weighted by atomic mass is 35.5. The van der Waals surface area contributed by atoms with Crippen LogP contribution in [-0.4, -0.2) is 50.2 Å². The van der Waals surface area contributed by atoms with E-state index in [1.807, 2.05) is 0 Å². The molecule has 10 heteroatoms. The van der Waals surface area contributed by atoms with Gasteiger partial charge in [0.25, 0.3) is 0 Å². The van der Waals surface area contributed by atoms with E-state index >= 15 is 0 Å². The zero-order valence-electron chi connectivity index (χ0n) is 22.0. The average molecular weight is 561 g/mol. The lowest BCUT2D eigenvalue weighted by atomic mass is 9.86. The summed E-state index contributed by atoms with van der Waals surface area (Å²) in [6, 6.07) is 10.9. The molecule has 2 aromatic rings. The maximum Gasteiger partial charge on any atom is 0.243 e. The molecule has 38 heavy (non-hydrogen) atoms. The van der Waals surface area contributed by atoms with E-state index in [-0.39, 0.29) is 36.4 Å². The van der Waals surface area contributed by atoms with E-state index in [0.29, 0.717) is 10.9 Å². The first kappa shape index (κ1) is 28.5. The molecule has 0 aromatic heterocycles. The van der Waals surface area contributed by atoms with Crippen LogP contribution in [0.5, 0.6) is 0 Å². The quantitative estimate of drug-likeness (QED) is 0.385. The van der Waals surface area contributed by atoms with Gasteiger partial charge in [0.2, 0.25) is 21.8 Å². The second-order valence-corrected chi connectivity index (χ2v) is 12.8. The topological polar surface area (TPSA) is 108 Å². The number of piperazine rings is 1. The second kappa shape index (κ2) is 12.6. The molecule has 1 fully saturated rings. The van der Waals surface area contributed by atoms with Crippen molar-refractivity contribution in [2.45, 2.75) is 69.5 Å². The van der Waals surface area contributed by atoms with Gasteiger partial charge in [-0.1, -0.05) is 43.6 Å². The lowest BCUT2D eigenvalue weighted by molar-refractivity contribution is -0.132. The van der Waals surface area contributed by atoms with Gasteiger partial charge in [-0.05, 0) is 79.1 Å². The Hall–Kier alpha value is -2.46. The molecule has 1 saturated heterocycles. The molecule has 0 saturated carbocycles. The van der Waals surface area contributed by atoms with Crippen molar-refractivity contribution in [3.8, 4) is 0 Å². The fraction of sp³-hybridized carbons (Fsp3) is 0.500. The normalized spacial score (nSPS) is 20.2. The zero-order chi connectivity index (χ0) is 27.3. The van der Waals surface area contributed by atoms with Crippen LogP contribution in [0.2, 0.25) is 5.02 Å². The summed E-state index contributed by atoms with van der Waals surface area (Å²) in [5, 5.41) is 9.68. The van der Waals surface area contributed by atoms with Crippen LogP contribution in [0.15, 0.2) is 47.4 Å². The van der Waals surface area contributed by atoms with E-state index < -0.39 is 22.0 Å². The standard InChI is InChI=1S/C28H37ClN4O4S/c1-19(2)12-13-30-18-20-6-11-24-21(16-20)4-3-5-25(24)32-27(34)17-26-28(35)31-14-15-33(26)38(36,37)23-9-7-22(29)8-10-23/h6-11,16,19,25-26,30H,3-5,12-15,17-18H2,1-2H3,(H,31,35)(H,32,34)/t25-,26-/m1/s1. The number of nitrogens with zero attached hydrogens (tertiary/aromatic N) is 1. The molecule has 0 bridgehead atoms. The van der Waals surface area contributed by atoms with Crippen molar-refractivity contribution in [3.05, 3.63) is 64.2 Å². The molecule has 2 amide bonds. The Morgan fingerprint density at radius 1 is 1.18 bits per heavy atom. The Kier molecular flexibility index (Phi) is 9.46. The lowest BCUT2D eigenvalue weighted by Gasteiger charge is -2.34. The van der Waals surface area contributed by atoms with Crippen LogP contribution in [-0.2, 0) is 32.6 Å². The molecular weight excluding hydrogens is 524 g/mol. The van der Waals surface area contributed by atoms with Crippen LogP contribution in [0.4, 0.5) is 0 Å². The third-order valence-electron chi connectivity index (χ3n) is 7.17. The Labute approximate surface area is 230 Å². The highest BCUT2D eigenvalue weighted by Crippen LogP contribution is 2.31. The van der Waals surface area contributed by atoms with Gasteiger partial charge in [0.1, 0.15) is 6.04 Å². The first-order valence-corrected chi connectivity index (χ1v) is 15.1. The van der Waals surface area contributed by atoms with Crippen LogP contribution in [0.25, 0.3) is 0 Å². The molecule has 2 aliphatic rings. The highest BCUT2D eigenvalue weighted by Gasteiger charge is 2.40. The minimum Gasteiger partial charge on any atom is -0.353 e. The number of halogens is 1. The van der Waals surface area contributed by atoms with E-state index in [1.165, 1.54) is 35.4 Å². The van der Waals surface area contributed by atoms with E-state index in [1.54, 1.807) is 0 Å². The largest absolute Gasteiger partial charge is 0.353 e. The maximum atomic E-state index is 13.3. The molecule has 2 atom stereocenters. The summed E-state index contributed by atoms with van der Waals surface area (Å²) in [5.41, 5.74) is 3.54. The van der Waals surface area contributed by atoms with E-state index in [4.69, 9.17) is 11.6 Å². The van der Waals surface area contributed by atoms with Gasteiger partial charge in [0, 0.05) is 24.7 Å². The Morgan fingerprint density at radius 2 is 1.95 bits per heavy atom. The van der Waals surface area contributed by atoms with Gasteiger partial charge >= 0.3 is 0 Å². The number of sulfonamides is 1. The summed E-state index contributed by atoms with van der Waals surface area (Å²) in [7, 11) is -3.98. The summed E-state index contributed by atoms with van der Waals surface area (Å²) >= 11 is 5.92.